The number of amides is 1. The second-order valence-corrected chi connectivity index (χ2v) is 7.36. The Morgan fingerprint density at radius 2 is 1.85 bits per heavy atom. The van der Waals surface area contributed by atoms with Gasteiger partial charge in [0, 0.05) is 15.5 Å². The molecule has 0 fully saturated rings. The molecule has 1 aromatic heterocycles. The monoisotopic (exact) mass is 394 g/mol. The third-order valence-corrected chi connectivity index (χ3v) is 5.28. The number of thiophene rings is 1. The standard InChI is InChI=1S/C18H19ClN2O4S/c1-9-10(2)26-18(21-17(24)13(20)8-14(22)25-3)15(9)16(23)11-4-6-12(19)7-5-11/h4-7,13H,8,20H2,1-3H3,(H,21,24)/t13-/m1/s1. The Balaban J connectivity index is 2.29. The molecule has 1 amide bonds. The maximum atomic E-state index is 12.9. The van der Waals surface area contributed by atoms with Crippen molar-refractivity contribution >= 4 is 45.6 Å². The lowest BCUT2D eigenvalue weighted by Gasteiger charge is -2.11. The van der Waals surface area contributed by atoms with Gasteiger partial charge in [-0.1, -0.05) is 11.6 Å². The van der Waals surface area contributed by atoms with Crippen molar-refractivity contribution in [1.29, 1.82) is 0 Å². The molecule has 1 atom stereocenters. The van der Waals surface area contributed by atoms with E-state index in [2.05, 4.69) is 10.1 Å². The molecule has 2 aromatic rings. The van der Waals surface area contributed by atoms with Crippen molar-refractivity contribution in [2.45, 2.75) is 26.3 Å². The first-order valence-corrected chi connectivity index (χ1v) is 8.97. The van der Waals surface area contributed by atoms with Crippen molar-refractivity contribution in [3.63, 3.8) is 0 Å². The first-order chi connectivity index (χ1) is 12.2. The van der Waals surface area contributed by atoms with Crippen LogP contribution >= 0.6 is 22.9 Å². The summed E-state index contributed by atoms with van der Waals surface area (Å²) < 4.78 is 4.51. The number of carbonyl (C=O) groups excluding carboxylic acids is 3. The molecule has 2 rings (SSSR count). The molecule has 138 valence electrons. The summed E-state index contributed by atoms with van der Waals surface area (Å²) in [5.74, 6) is -1.36. The highest BCUT2D eigenvalue weighted by Gasteiger charge is 2.25. The van der Waals surface area contributed by atoms with Gasteiger partial charge in [0.2, 0.25) is 5.91 Å². The maximum Gasteiger partial charge on any atom is 0.307 e. The minimum atomic E-state index is -1.07. The Kier molecular flexibility index (Phi) is 6.52. The minimum Gasteiger partial charge on any atom is -0.469 e. The lowest BCUT2D eigenvalue weighted by molar-refractivity contribution is -0.142. The third kappa shape index (κ3) is 4.49. The largest absolute Gasteiger partial charge is 0.469 e. The van der Waals surface area contributed by atoms with E-state index >= 15 is 0 Å². The van der Waals surface area contributed by atoms with E-state index in [1.807, 2.05) is 13.8 Å². The van der Waals surface area contributed by atoms with Gasteiger partial charge in [-0.25, -0.2) is 0 Å². The first-order valence-electron chi connectivity index (χ1n) is 7.78. The molecule has 0 aliphatic heterocycles. The summed E-state index contributed by atoms with van der Waals surface area (Å²) in [5.41, 5.74) is 7.39. The van der Waals surface area contributed by atoms with Crippen LogP contribution in [0, 0.1) is 13.8 Å². The highest BCUT2D eigenvalue weighted by Crippen LogP contribution is 2.34. The fourth-order valence-corrected chi connectivity index (χ4v) is 3.48. The predicted octanol–water partition coefficient (Wildman–Crippen LogP) is 3.08. The number of hydrogen-bond donors (Lipinski definition) is 2. The molecule has 1 heterocycles. The number of halogens is 1. The summed E-state index contributed by atoms with van der Waals surface area (Å²) in [6, 6.07) is 5.46. The SMILES string of the molecule is COC(=O)C[C@@H](N)C(=O)Nc1sc(C)c(C)c1C(=O)c1ccc(Cl)cc1. The molecule has 0 radical (unpaired) electrons. The zero-order chi connectivity index (χ0) is 19.4. The number of nitrogens with one attached hydrogen (secondary N) is 1. The summed E-state index contributed by atoms with van der Waals surface area (Å²) in [6.45, 7) is 3.68. The van der Waals surface area contributed by atoms with E-state index in [4.69, 9.17) is 17.3 Å². The zero-order valence-electron chi connectivity index (χ0n) is 14.6. The quantitative estimate of drug-likeness (QED) is 0.579. The number of benzene rings is 1. The van der Waals surface area contributed by atoms with Crippen molar-refractivity contribution in [3.8, 4) is 0 Å². The van der Waals surface area contributed by atoms with E-state index in [9.17, 15) is 14.4 Å². The number of rotatable bonds is 6. The second kappa shape index (κ2) is 8.44. The Labute approximate surface area is 160 Å². The lowest BCUT2D eigenvalue weighted by atomic mass is 10.0. The highest BCUT2D eigenvalue weighted by molar-refractivity contribution is 7.16. The molecule has 0 unspecified atom stereocenters. The summed E-state index contributed by atoms with van der Waals surface area (Å²) in [6.07, 6.45) is -0.244. The van der Waals surface area contributed by atoms with Crippen LogP contribution in [-0.4, -0.2) is 30.8 Å². The fourth-order valence-electron chi connectivity index (χ4n) is 2.29. The maximum absolute atomic E-state index is 12.9. The van der Waals surface area contributed by atoms with Gasteiger partial charge < -0.3 is 15.8 Å². The molecule has 0 bridgehead atoms. The Bertz CT molecular complexity index is 846. The number of anilines is 1. The molecular weight excluding hydrogens is 376 g/mol. The molecule has 0 saturated carbocycles. The molecular formula is C18H19ClN2O4S. The topological polar surface area (TPSA) is 98.5 Å². The van der Waals surface area contributed by atoms with E-state index in [1.165, 1.54) is 18.4 Å². The van der Waals surface area contributed by atoms with E-state index in [1.54, 1.807) is 24.3 Å². The number of nitrogens with two attached hydrogens (primary N) is 1. The van der Waals surface area contributed by atoms with Crippen molar-refractivity contribution < 1.29 is 19.1 Å². The molecule has 0 saturated heterocycles. The van der Waals surface area contributed by atoms with E-state index in [0.29, 0.717) is 21.2 Å². The van der Waals surface area contributed by atoms with Gasteiger partial charge in [-0.2, -0.15) is 0 Å². The van der Waals surface area contributed by atoms with Crippen LogP contribution in [0.15, 0.2) is 24.3 Å². The van der Waals surface area contributed by atoms with Gasteiger partial charge in [0.05, 0.1) is 25.1 Å². The Hall–Kier alpha value is -2.22. The third-order valence-electron chi connectivity index (χ3n) is 3.91. The molecule has 6 nitrogen and oxygen atoms in total. The van der Waals surface area contributed by atoms with Gasteiger partial charge in [0.1, 0.15) is 5.00 Å². The van der Waals surface area contributed by atoms with Crippen molar-refractivity contribution in [1.82, 2.24) is 0 Å². The van der Waals surface area contributed by atoms with E-state index in [0.717, 1.165) is 10.4 Å². The van der Waals surface area contributed by atoms with Crippen LogP contribution in [-0.2, 0) is 14.3 Å². The number of ketones is 1. The Morgan fingerprint density at radius 1 is 1.23 bits per heavy atom. The number of ether oxygens (including phenoxy) is 1. The predicted molar refractivity (Wildman–Crippen MR) is 102 cm³/mol. The average molecular weight is 395 g/mol. The van der Waals surface area contributed by atoms with Crippen LogP contribution in [0.3, 0.4) is 0 Å². The lowest BCUT2D eigenvalue weighted by Crippen LogP contribution is -2.37. The normalized spacial score (nSPS) is 11.7. The Morgan fingerprint density at radius 3 is 2.42 bits per heavy atom. The fraction of sp³-hybridized carbons (Fsp3) is 0.278. The minimum absolute atomic E-state index is 0.222. The number of hydrogen-bond acceptors (Lipinski definition) is 6. The van der Waals surface area contributed by atoms with Crippen LogP contribution in [0.2, 0.25) is 5.02 Å². The van der Waals surface area contributed by atoms with Crippen molar-refractivity contribution in [3.05, 3.63) is 50.9 Å². The highest BCUT2D eigenvalue weighted by atomic mass is 35.5. The zero-order valence-corrected chi connectivity index (χ0v) is 16.2. The van der Waals surface area contributed by atoms with Gasteiger partial charge in [-0.05, 0) is 43.7 Å². The summed E-state index contributed by atoms with van der Waals surface area (Å²) in [5, 5.41) is 3.60. The molecule has 8 heteroatoms. The number of aryl methyl sites for hydroxylation is 1. The van der Waals surface area contributed by atoms with Gasteiger partial charge in [0.25, 0.3) is 0 Å². The van der Waals surface area contributed by atoms with Gasteiger partial charge in [-0.15, -0.1) is 11.3 Å². The van der Waals surface area contributed by atoms with Gasteiger partial charge in [0.15, 0.2) is 5.78 Å². The second-order valence-electron chi connectivity index (χ2n) is 5.70. The number of methoxy groups -OCH3 is 1. The summed E-state index contributed by atoms with van der Waals surface area (Å²) in [7, 11) is 1.22. The first kappa shape index (κ1) is 20.1. The number of carbonyl (C=O) groups is 3. The number of esters is 1. The molecule has 0 spiro atoms. The molecule has 0 aliphatic carbocycles. The molecule has 1 aromatic carbocycles. The van der Waals surface area contributed by atoms with Gasteiger partial charge in [-0.3, -0.25) is 14.4 Å². The molecule has 0 aliphatic rings. The smallest absolute Gasteiger partial charge is 0.307 e. The van der Waals surface area contributed by atoms with E-state index < -0.39 is 17.9 Å². The van der Waals surface area contributed by atoms with Crippen LogP contribution in [0.25, 0.3) is 0 Å². The van der Waals surface area contributed by atoms with Crippen LogP contribution in [0.1, 0.15) is 32.8 Å². The van der Waals surface area contributed by atoms with Crippen LogP contribution in [0.5, 0.6) is 0 Å². The molecule has 3 N–H and O–H groups in total. The van der Waals surface area contributed by atoms with Crippen molar-refractivity contribution in [2.24, 2.45) is 5.73 Å². The molecule has 26 heavy (non-hydrogen) atoms. The summed E-state index contributed by atoms with van der Waals surface area (Å²) in [4.78, 5) is 37.4. The van der Waals surface area contributed by atoms with Crippen molar-refractivity contribution in [2.75, 3.05) is 12.4 Å². The van der Waals surface area contributed by atoms with Crippen LogP contribution < -0.4 is 11.1 Å². The average Bonchev–Trinajstić information content (AvgIpc) is 2.88. The van der Waals surface area contributed by atoms with E-state index in [-0.39, 0.29) is 12.2 Å². The van der Waals surface area contributed by atoms with Crippen LogP contribution in [0.4, 0.5) is 5.00 Å². The van der Waals surface area contributed by atoms with Gasteiger partial charge >= 0.3 is 5.97 Å². The summed E-state index contributed by atoms with van der Waals surface area (Å²) >= 11 is 7.16.